The maximum atomic E-state index is 2.73. The molecule has 2 atom stereocenters. The molecule has 0 saturated heterocycles. The van der Waals surface area contributed by atoms with Crippen molar-refractivity contribution in [1.82, 2.24) is 9.80 Å². The predicted molar refractivity (Wildman–Crippen MR) is 92.4 cm³/mol. The monoisotopic (exact) mass is 290 g/mol. The molecule has 0 heterocycles. The van der Waals surface area contributed by atoms with E-state index in [1.807, 2.05) is 0 Å². The van der Waals surface area contributed by atoms with Gasteiger partial charge in [0.05, 0.1) is 6.67 Å². The van der Waals surface area contributed by atoms with Crippen molar-refractivity contribution in [3.05, 3.63) is 24.3 Å². The van der Waals surface area contributed by atoms with Gasteiger partial charge in [0.1, 0.15) is 0 Å². The number of unbranched alkanes of at least 4 members (excludes halogenated alkanes) is 2. The Morgan fingerprint density at radius 2 is 1.29 bits per heavy atom. The summed E-state index contributed by atoms with van der Waals surface area (Å²) < 4.78 is 0. The van der Waals surface area contributed by atoms with Gasteiger partial charge in [-0.05, 0) is 51.6 Å². The van der Waals surface area contributed by atoms with Crippen molar-refractivity contribution in [3.63, 3.8) is 0 Å². The van der Waals surface area contributed by atoms with Crippen LogP contribution in [0.5, 0.6) is 0 Å². The van der Waals surface area contributed by atoms with Crippen molar-refractivity contribution >= 4 is 0 Å². The van der Waals surface area contributed by atoms with Gasteiger partial charge in [0, 0.05) is 12.1 Å². The Labute approximate surface area is 131 Å². The van der Waals surface area contributed by atoms with Gasteiger partial charge in [-0.1, -0.05) is 51.0 Å². The summed E-state index contributed by atoms with van der Waals surface area (Å²) in [5, 5.41) is 0. The van der Waals surface area contributed by atoms with E-state index in [1.165, 1.54) is 64.5 Å². The minimum atomic E-state index is 0.686. The quantitative estimate of drug-likeness (QED) is 0.429. The van der Waals surface area contributed by atoms with E-state index in [1.54, 1.807) is 0 Å². The molecule has 0 bridgehead atoms. The lowest BCUT2D eigenvalue weighted by molar-refractivity contribution is 0.0860. The van der Waals surface area contributed by atoms with Gasteiger partial charge in [-0.2, -0.15) is 0 Å². The topological polar surface area (TPSA) is 6.48 Å². The van der Waals surface area contributed by atoms with E-state index < -0.39 is 0 Å². The predicted octanol–water partition coefficient (Wildman–Crippen LogP) is 4.59. The van der Waals surface area contributed by atoms with Gasteiger partial charge in [0.25, 0.3) is 0 Å². The van der Waals surface area contributed by atoms with Gasteiger partial charge in [-0.15, -0.1) is 0 Å². The summed E-state index contributed by atoms with van der Waals surface area (Å²) in [5.41, 5.74) is 0. The lowest BCUT2D eigenvalue weighted by Gasteiger charge is -2.36. The maximum Gasteiger partial charge on any atom is 0.0517 e. The Balaban J connectivity index is 1.95. The van der Waals surface area contributed by atoms with Crippen molar-refractivity contribution in [1.29, 1.82) is 0 Å². The van der Waals surface area contributed by atoms with Crippen LogP contribution in [0.4, 0.5) is 0 Å². The van der Waals surface area contributed by atoms with Gasteiger partial charge >= 0.3 is 0 Å². The highest BCUT2D eigenvalue weighted by molar-refractivity contribution is 5.04. The van der Waals surface area contributed by atoms with Crippen LogP contribution in [-0.4, -0.2) is 41.6 Å². The second-order valence-corrected chi connectivity index (χ2v) is 6.62. The van der Waals surface area contributed by atoms with E-state index in [0.29, 0.717) is 12.1 Å². The maximum absolute atomic E-state index is 2.73. The van der Waals surface area contributed by atoms with Crippen LogP contribution in [0.3, 0.4) is 0 Å². The number of nitrogens with zero attached hydrogens (tertiary/aromatic N) is 2. The molecular formula is C19H34N2. The van der Waals surface area contributed by atoms with Gasteiger partial charge in [0.2, 0.25) is 0 Å². The van der Waals surface area contributed by atoms with Crippen molar-refractivity contribution in [2.75, 3.05) is 19.8 Å². The van der Waals surface area contributed by atoms with E-state index >= 15 is 0 Å². The Morgan fingerprint density at radius 1 is 0.810 bits per heavy atom. The largest absolute Gasteiger partial charge is 0.284 e. The third kappa shape index (κ3) is 5.27. The fourth-order valence-corrected chi connectivity index (χ4v) is 3.48. The van der Waals surface area contributed by atoms with Crippen LogP contribution in [0, 0.1) is 0 Å². The van der Waals surface area contributed by atoms with Crippen LogP contribution < -0.4 is 0 Å². The van der Waals surface area contributed by atoms with Gasteiger partial charge < -0.3 is 0 Å². The van der Waals surface area contributed by atoms with E-state index in [2.05, 4.69) is 48.0 Å². The minimum absolute atomic E-state index is 0.686. The Hall–Kier alpha value is -0.600. The lowest BCUT2D eigenvalue weighted by atomic mass is 10.1. The summed E-state index contributed by atoms with van der Waals surface area (Å²) in [6.45, 7) is 8.27. The van der Waals surface area contributed by atoms with Crippen molar-refractivity contribution in [2.24, 2.45) is 0 Å². The molecule has 0 amide bonds. The first-order valence-electron chi connectivity index (χ1n) is 9.16. The molecule has 0 spiro atoms. The fourth-order valence-electron chi connectivity index (χ4n) is 3.48. The molecule has 0 N–H and O–H groups in total. The highest BCUT2D eigenvalue weighted by Gasteiger charge is 2.24. The first-order chi connectivity index (χ1) is 10.3. The van der Waals surface area contributed by atoms with Gasteiger partial charge in [0.15, 0.2) is 0 Å². The molecule has 0 radical (unpaired) electrons. The smallest absolute Gasteiger partial charge is 0.0517 e. The summed E-state index contributed by atoms with van der Waals surface area (Å²) in [7, 11) is 0. The number of allylic oxidation sites excluding steroid dienone is 2. The average molecular weight is 290 g/mol. The molecule has 2 rings (SSSR count). The fraction of sp³-hybridized carbons (Fsp3) is 0.789. The van der Waals surface area contributed by atoms with Crippen LogP contribution >= 0.6 is 0 Å². The van der Waals surface area contributed by atoms with Crippen LogP contribution in [0.2, 0.25) is 0 Å². The Kier molecular flexibility index (Phi) is 7.52. The molecule has 120 valence electrons. The third-order valence-corrected chi connectivity index (χ3v) is 4.87. The normalized spacial score (nSPS) is 24.8. The SMILES string of the molecule is CCCCN(CN(CCCC)[C@H]1C=CCC1)[C@H]1C=CCC1. The van der Waals surface area contributed by atoms with Crippen LogP contribution in [0.1, 0.15) is 65.2 Å². The lowest BCUT2D eigenvalue weighted by Crippen LogP contribution is -2.46. The van der Waals surface area contributed by atoms with Crippen LogP contribution in [0.15, 0.2) is 24.3 Å². The highest BCUT2D eigenvalue weighted by atomic mass is 15.3. The van der Waals surface area contributed by atoms with Crippen molar-refractivity contribution in [3.8, 4) is 0 Å². The third-order valence-electron chi connectivity index (χ3n) is 4.87. The first-order valence-corrected chi connectivity index (χ1v) is 9.16. The summed E-state index contributed by atoms with van der Waals surface area (Å²) in [6.07, 6.45) is 20.1. The highest BCUT2D eigenvalue weighted by Crippen LogP contribution is 2.21. The molecule has 0 saturated carbocycles. The van der Waals surface area contributed by atoms with Crippen molar-refractivity contribution < 1.29 is 0 Å². The summed E-state index contributed by atoms with van der Waals surface area (Å²) in [5.74, 6) is 0. The number of hydrogen-bond donors (Lipinski definition) is 0. The molecule has 2 aliphatic carbocycles. The minimum Gasteiger partial charge on any atom is -0.284 e. The molecule has 21 heavy (non-hydrogen) atoms. The van der Waals surface area contributed by atoms with Gasteiger partial charge in [-0.25, -0.2) is 0 Å². The molecule has 0 fully saturated rings. The zero-order valence-corrected chi connectivity index (χ0v) is 14.1. The zero-order valence-electron chi connectivity index (χ0n) is 14.1. The van der Waals surface area contributed by atoms with E-state index in [9.17, 15) is 0 Å². The average Bonchev–Trinajstić information content (AvgIpc) is 3.19. The van der Waals surface area contributed by atoms with E-state index in [-0.39, 0.29) is 0 Å². The second kappa shape index (κ2) is 9.42. The molecule has 0 aliphatic heterocycles. The molecule has 2 heteroatoms. The Morgan fingerprint density at radius 3 is 1.62 bits per heavy atom. The zero-order chi connectivity index (χ0) is 14.9. The van der Waals surface area contributed by atoms with E-state index in [4.69, 9.17) is 0 Å². The molecular weight excluding hydrogens is 256 g/mol. The van der Waals surface area contributed by atoms with Crippen LogP contribution in [-0.2, 0) is 0 Å². The number of hydrogen-bond acceptors (Lipinski definition) is 2. The molecule has 0 aromatic heterocycles. The molecule has 2 nitrogen and oxygen atoms in total. The second-order valence-electron chi connectivity index (χ2n) is 6.62. The molecule has 0 aromatic rings. The molecule has 2 aliphatic rings. The van der Waals surface area contributed by atoms with Crippen molar-refractivity contribution in [2.45, 2.75) is 77.3 Å². The molecule has 0 aromatic carbocycles. The summed E-state index contributed by atoms with van der Waals surface area (Å²) >= 11 is 0. The summed E-state index contributed by atoms with van der Waals surface area (Å²) in [4.78, 5) is 5.46. The summed E-state index contributed by atoms with van der Waals surface area (Å²) in [6, 6.07) is 1.37. The first kappa shape index (κ1) is 16.8. The number of rotatable bonds is 10. The van der Waals surface area contributed by atoms with Crippen LogP contribution in [0.25, 0.3) is 0 Å². The standard InChI is InChI=1S/C19H34N2/c1-3-5-15-20(18-11-7-8-12-18)17-21(16-6-4-2)19-13-9-10-14-19/h7,9,11,13,18-19H,3-6,8,10,12,14-17H2,1-2H3/t18-,19-/m0/s1. The molecule has 0 unspecified atom stereocenters. The Bertz CT molecular complexity index is 302. The van der Waals surface area contributed by atoms with E-state index in [0.717, 1.165) is 6.67 Å². The van der Waals surface area contributed by atoms with Gasteiger partial charge in [-0.3, -0.25) is 9.80 Å².